The van der Waals surface area contributed by atoms with Crippen molar-refractivity contribution in [3.8, 4) is 0 Å². The highest BCUT2D eigenvalue weighted by Crippen LogP contribution is 2.34. The predicted octanol–water partition coefficient (Wildman–Crippen LogP) is 3.92. The lowest BCUT2D eigenvalue weighted by Crippen LogP contribution is -2.37. The number of halogens is 2. The van der Waals surface area contributed by atoms with Gasteiger partial charge in [0.2, 0.25) is 0 Å². The molecule has 1 aliphatic rings. The maximum atomic E-state index is 13.7. The summed E-state index contributed by atoms with van der Waals surface area (Å²) in [6.45, 7) is 5.14. The average Bonchev–Trinajstić information content (AvgIpc) is 2.79. The molecule has 0 aliphatic heterocycles. The maximum Gasteiger partial charge on any atom is 0.129 e. The number of rotatable bonds is 5. The van der Waals surface area contributed by atoms with E-state index in [0.29, 0.717) is 12.3 Å². The molecule has 1 aromatic carbocycles. The molecular weight excluding hydrogens is 244 g/mol. The minimum atomic E-state index is -0.422. The molecule has 0 bridgehead atoms. The van der Waals surface area contributed by atoms with Gasteiger partial charge in [-0.2, -0.15) is 0 Å². The van der Waals surface area contributed by atoms with Crippen LogP contribution in [-0.4, -0.2) is 12.6 Å². The van der Waals surface area contributed by atoms with Crippen molar-refractivity contribution >= 4 is 0 Å². The largest absolute Gasteiger partial charge is 0.314 e. The van der Waals surface area contributed by atoms with Crippen LogP contribution in [0.1, 0.15) is 38.7 Å². The van der Waals surface area contributed by atoms with Gasteiger partial charge in [-0.15, -0.1) is 0 Å². The van der Waals surface area contributed by atoms with Crippen molar-refractivity contribution in [2.24, 2.45) is 11.8 Å². The van der Waals surface area contributed by atoms with Gasteiger partial charge in [-0.25, -0.2) is 8.78 Å². The Hall–Kier alpha value is -0.960. The second kappa shape index (κ2) is 6.47. The molecule has 1 N–H and O–H groups in total. The molecule has 19 heavy (non-hydrogen) atoms. The zero-order chi connectivity index (χ0) is 13.8. The summed E-state index contributed by atoms with van der Waals surface area (Å²) in [6.07, 6.45) is 4.00. The standard InChI is InChI=1S/C16H23F2N/c1-3-19-16(12-8-7-11(2)9-12)10-13-14(17)5-4-6-15(13)18/h4-6,11-12,16,19H,3,7-10H2,1-2H3. The lowest BCUT2D eigenvalue weighted by molar-refractivity contribution is 0.346. The molecule has 3 unspecified atom stereocenters. The van der Waals surface area contributed by atoms with Crippen molar-refractivity contribution in [3.05, 3.63) is 35.4 Å². The molecule has 3 heteroatoms. The summed E-state index contributed by atoms with van der Waals surface area (Å²) in [5.41, 5.74) is 0.230. The fourth-order valence-electron chi connectivity index (χ4n) is 3.23. The number of likely N-dealkylation sites (N-methyl/N-ethyl adjacent to an activating group) is 1. The predicted molar refractivity (Wildman–Crippen MR) is 74.0 cm³/mol. The topological polar surface area (TPSA) is 12.0 Å². The van der Waals surface area contributed by atoms with Gasteiger partial charge in [0.1, 0.15) is 11.6 Å². The highest BCUT2D eigenvalue weighted by molar-refractivity contribution is 5.21. The summed E-state index contributed by atoms with van der Waals surface area (Å²) in [5.74, 6) is 0.425. The van der Waals surface area contributed by atoms with Gasteiger partial charge in [0.05, 0.1) is 0 Å². The van der Waals surface area contributed by atoms with Crippen molar-refractivity contribution in [3.63, 3.8) is 0 Å². The van der Waals surface area contributed by atoms with Gasteiger partial charge in [0.25, 0.3) is 0 Å². The van der Waals surface area contributed by atoms with Gasteiger partial charge in [-0.1, -0.05) is 26.3 Å². The Labute approximate surface area is 114 Å². The van der Waals surface area contributed by atoms with Gasteiger partial charge < -0.3 is 5.32 Å². The summed E-state index contributed by atoms with van der Waals surface area (Å²) < 4.78 is 27.5. The molecule has 0 spiro atoms. The highest BCUT2D eigenvalue weighted by Gasteiger charge is 2.29. The molecule has 0 aromatic heterocycles. The molecule has 1 nitrogen and oxygen atoms in total. The minimum absolute atomic E-state index is 0.182. The zero-order valence-corrected chi connectivity index (χ0v) is 11.8. The van der Waals surface area contributed by atoms with Crippen LogP contribution < -0.4 is 5.32 Å². The number of hydrogen-bond donors (Lipinski definition) is 1. The fourth-order valence-corrected chi connectivity index (χ4v) is 3.23. The average molecular weight is 267 g/mol. The van der Waals surface area contributed by atoms with Crippen LogP contribution in [0.3, 0.4) is 0 Å². The summed E-state index contributed by atoms with van der Waals surface area (Å²) >= 11 is 0. The van der Waals surface area contributed by atoms with Crippen LogP contribution in [0.2, 0.25) is 0 Å². The highest BCUT2D eigenvalue weighted by atomic mass is 19.1. The quantitative estimate of drug-likeness (QED) is 0.852. The van der Waals surface area contributed by atoms with Gasteiger partial charge in [0, 0.05) is 11.6 Å². The van der Waals surface area contributed by atoms with Crippen LogP contribution in [-0.2, 0) is 6.42 Å². The van der Waals surface area contributed by atoms with Gasteiger partial charge in [0.15, 0.2) is 0 Å². The number of benzene rings is 1. The molecule has 0 radical (unpaired) electrons. The second-order valence-corrected chi connectivity index (χ2v) is 5.75. The molecule has 2 rings (SSSR count). The van der Waals surface area contributed by atoms with E-state index in [4.69, 9.17) is 0 Å². The number of hydrogen-bond acceptors (Lipinski definition) is 1. The smallest absolute Gasteiger partial charge is 0.129 e. The monoisotopic (exact) mass is 267 g/mol. The van der Waals surface area contributed by atoms with Crippen LogP contribution in [0.4, 0.5) is 8.78 Å². The molecule has 1 aliphatic carbocycles. The molecule has 1 fully saturated rings. The van der Waals surface area contributed by atoms with E-state index < -0.39 is 11.6 Å². The van der Waals surface area contributed by atoms with Crippen molar-refractivity contribution in [1.29, 1.82) is 0 Å². The molecule has 0 heterocycles. The van der Waals surface area contributed by atoms with E-state index >= 15 is 0 Å². The maximum absolute atomic E-state index is 13.7. The first-order chi connectivity index (χ1) is 9.11. The molecule has 1 aromatic rings. The van der Waals surface area contributed by atoms with Crippen LogP contribution in [0.15, 0.2) is 18.2 Å². The van der Waals surface area contributed by atoms with E-state index in [1.165, 1.54) is 24.6 Å². The Morgan fingerprint density at radius 3 is 2.47 bits per heavy atom. The molecule has 3 atom stereocenters. The third-order valence-electron chi connectivity index (χ3n) is 4.26. The van der Waals surface area contributed by atoms with E-state index in [1.54, 1.807) is 0 Å². The normalized spacial score (nSPS) is 24.6. The Morgan fingerprint density at radius 1 is 1.26 bits per heavy atom. The lowest BCUT2D eigenvalue weighted by Gasteiger charge is -2.25. The van der Waals surface area contributed by atoms with Crippen LogP contribution in [0.5, 0.6) is 0 Å². The zero-order valence-electron chi connectivity index (χ0n) is 11.8. The Balaban J connectivity index is 2.12. The van der Waals surface area contributed by atoms with E-state index in [2.05, 4.69) is 12.2 Å². The Bertz CT molecular complexity index is 399. The van der Waals surface area contributed by atoms with E-state index in [1.807, 2.05) is 6.92 Å². The summed E-state index contributed by atoms with van der Waals surface area (Å²) in [6, 6.07) is 4.30. The first kappa shape index (κ1) is 14.4. The molecule has 0 amide bonds. The molecular formula is C16H23F2N. The van der Waals surface area contributed by atoms with Crippen molar-refractivity contribution < 1.29 is 8.78 Å². The first-order valence-corrected chi connectivity index (χ1v) is 7.28. The number of nitrogens with one attached hydrogen (secondary N) is 1. The fraction of sp³-hybridized carbons (Fsp3) is 0.625. The lowest BCUT2D eigenvalue weighted by atomic mass is 9.91. The third kappa shape index (κ3) is 3.53. The third-order valence-corrected chi connectivity index (χ3v) is 4.26. The van der Waals surface area contributed by atoms with Gasteiger partial charge in [-0.05, 0) is 49.8 Å². The Morgan fingerprint density at radius 2 is 1.95 bits per heavy atom. The Kier molecular flexibility index (Phi) is 4.92. The van der Waals surface area contributed by atoms with E-state index in [-0.39, 0.29) is 11.6 Å². The van der Waals surface area contributed by atoms with Crippen LogP contribution in [0, 0.1) is 23.5 Å². The van der Waals surface area contributed by atoms with E-state index in [0.717, 1.165) is 25.3 Å². The van der Waals surface area contributed by atoms with E-state index in [9.17, 15) is 8.78 Å². The summed E-state index contributed by atoms with van der Waals surface area (Å²) in [4.78, 5) is 0. The van der Waals surface area contributed by atoms with Gasteiger partial charge in [-0.3, -0.25) is 0 Å². The molecule has 0 saturated heterocycles. The second-order valence-electron chi connectivity index (χ2n) is 5.75. The molecule has 1 saturated carbocycles. The first-order valence-electron chi connectivity index (χ1n) is 7.28. The van der Waals surface area contributed by atoms with Crippen LogP contribution >= 0.6 is 0 Å². The van der Waals surface area contributed by atoms with Crippen molar-refractivity contribution in [2.45, 2.75) is 45.6 Å². The molecule has 106 valence electrons. The summed E-state index contributed by atoms with van der Waals surface area (Å²) in [5, 5.41) is 3.41. The SMILES string of the molecule is CCNC(Cc1c(F)cccc1F)C1CCC(C)C1. The summed E-state index contributed by atoms with van der Waals surface area (Å²) in [7, 11) is 0. The van der Waals surface area contributed by atoms with Crippen molar-refractivity contribution in [1.82, 2.24) is 5.32 Å². The van der Waals surface area contributed by atoms with Crippen LogP contribution in [0.25, 0.3) is 0 Å². The van der Waals surface area contributed by atoms with Gasteiger partial charge >= 0.3 is 0 Å². The minimum Gasteiger partial charge on any atom is -0.314 e. The van der Waals surface area contributed by atoms with Crippen molar-refractivity contribution in [2.75, 3.05) is 6.54 Å².